The summed E-state index contributed by atoms with van der Waals surface area (Å²) in [6.07, 6.45) is 10.7. The normalized spacial score (nSPS) is 11.4. The first-order valence-electron chi connectivity index (χ1n) is 11.4. The van der Waals surface area contributed by atoms with Crippen LogP contribution in [-0.4, -0.2) is 25.7 Å². The SMILES string of the molecule is CCCCCCOc1cccc([Si]C(c2ccccc2)(c2ccccc2)n2ccnc2)c1. The fraction of sp³-hybridized carbons (Fsp3) is 0.250. The molecule has 2 radical (unpaired) electrons. The maximum Gasteiger partial charge on any atom is 0.128 e. The fourth-order valence-corrected chi connectivity index (χ4v) is 5.78. The Kier molecular flexibility index (Phi) is 7.57. The average molecular weight is 439 g/mol. The molecule has 0 fully saturated rings. The van der Waals surface area contributed by atoms with Crippen LogP contribution in [0.5, 0.6) is 5.75 Å². The van der Waals surface area contributed by atoms with Crippen LogP contribution in [0.4, 0.5) is 0 Å². The first kappa shape index (κ1) is 22.1. The lowest BCUT2D eigenvalue weighted by atomic mass is 9.97. The molecule has 0 aliphatic heterocycles. The van der Waals surface area contributed by atoms with Gasteiger partial charge in [0.15, 0.2) is 0 Å². The van der Waals surface area contributed by atoms with Crippen LogP contribution in [0.25, 0.3) is 0 Å². The van der Waals surface area contributed by atoms with E-state index in [1.807, 2.05) is 12.5 Å². The zero-order valence-corrected chi connectivity index (χ0v) is 19.7. The monoisotopic (exact) mass is 438 g/mol. The van der Waals surface area contributed by atoms with Crippen LogP contribution in [0.1, 0.15) is 43.7 Å². The fourth-order valence-electron chi connectivity index (χ4n) is 4.08. The molecule has 0 spiro atoms. The third-order valence-corrected chi connectivity index (χ3v) is 7.50. The van der Waals surface area contributed by atoms with Gasteiger partial charge < -0.3 is 9.30 Å². The van der Waals surface area contributed by atoms with Crippen molar-refractivity contribution in [2.75, 3.05) is 6.61 Å². The zero-order valence-electron chi connectivity index (χ0n) is 18.7. The largest absolute Gasteiger partial charge is 0.494 e. The molecular formula is C28H30N2OSi. The van der Waals surface area contributed by atoms with Crippen LogP contribution in [0, 0.1) is 0 Å². The summed E-state index contributed by atoms with van der Waals surface area (Å²) in [4.78, 5) is 4.41. The number of hydrogen-bond donors (Lipinski definition) is 0. The number of imidazole rings is 1. The van der Waals surface area contributed by atoms with E-state index in [0.29, 0.717) is 9.52 Å². The van der Waals surface area contributed by atoms with Gasteiger partial charge in [0.1, 0.15) is 15.3 Å². The lowest BCUT2D eigenvalue weighted by molar-refractivity contribution is 0.305. The molecule has 1 aromatic heterocycles. The molecule has 0 saturated carbocycles. The summed E-state index contributed by atoms with van der Waals surface area (Å²) in [5, 5.41) is 0.885. The molecule has 0 aliphatic rings. The van der Waals surface area contributed by atoms with Gasteiger partial charge in [0.2, 0.25) is 0 Å². The Morgan fingerprint density at radius 1 is 0.844 bits per heavy atom. The van der Waals surface area contributed by atoms with Crippen LogP contribution >= 0.6 is 0 Å². The number of rotatable bonds is 11. The van der Waals surface area contributed by atoms with E-state index in [1.54, 1.807) is 0 Å². The Morgan fingerprint density at radius 2 is 1.56 bits per heavy atom. The Hall–Kier alpha value is -3.11. The highest BCUT2D eigenvalue weighted by atomic mass is 28.2. The summed E-state index contributed by atoms with van der Waals surface area (Å²) in [7, 11) is 0.460. The number of nitrogens with zero attached hydrogens (tertiary/aromatic N) is 2. The molecular weight excluding hydrogens is 408 g/mol. The third kappa shape index (κ3) is 5.02. The molecule has 4 heteroatoms. The van der Waals surface area contributed by atoms with Gasteiger partial charge in [0, 0.05) is 12.4 Å². The second-order valence-electron chi connectivity index (χ2n) is 7.97. The smallest absolute Gasteiger partial charge is 0.128 e. The summed E-state index contributed by atoms with van der Waals surface area (Å²) >= 11 is 0. The van der Waals surface area contributed by atoms with Crippen molar-refractivity contribution < 1.29 is 4.74 Å². The van der Waals surface area contributed by atoms with E-state index in [4.69, 9.17) is 4.74 Å². The molecule has 0 atom stereocenters. The van der Waals surface area contributed by atoms with Gasteiger partial charge in [0.05, 0.1) is 18.1 Å². The molecule has 4 rings (SSSR count). The molecule has 0 aliphatic carbocycles. The highest BCUT2D eigenvalue weighted by molar-refractivity contribution is 6.57. The first-order chi connectivity index (χ1) is 15.8. The second-order valence-corrected chi connectivity index (χ2v) is 9.53. The molecule has 0 N–H and O–H groups in total. The van der Waals surface area contributed by atoms with Gasteiger partial charge in [0.25, 0.3) is 0 Å². The molecule has 3 nitrogen and oxygen atoms in total. The van der Waals surface area contributed by atoms with E-state index in [-0.39, 0.29) is 5.16 Å². The van der Waals surface area contributed by atoms with Crippen molar-refractivity contribution in [3.05, 3.63) is 115 Å². The molecule has 4 aromatic rings. The lowest BCUT2D eigenvalue weighted by Gasteiger charge is -2.36. The van der Waals surface area contributed by atoms with E-state index in [9.17, 15) is 0 Å². The van der Waals surface area contributed by atoms with Crippen LogP contribution in [0.3, 0.4) is 0 Å². The van der Waals surface area contributed by atoms with Crippen molar-refractivity contribution in [2.45, 2.75) is 37.8 Å². The van der Waals surface area contributed by atoms with Gasteiger partial charge >= 0.3 is 0 Å². The average Bonchev–Trinajstić information content (AvgIpc) is 3.39. The molecule has 0 amide bonds. The van der Waals surface area contributed by atoms with Crippen molar-refractivity contribution in [1.29, 1.82) is 0 Å². The molecule has 162 valence electrons. The summed E-state index contributed by atoms with van der Waals surface area (Å²) in [5.74, 6) is 0.951. The second kappa shape index (κ2) is 11.0. The van der Waals surface area contributed by atoms with Crippen molar-refractivity contribution in [1.82, 2.24) is 9.55 Å². The maximum atomic E-state index is 6.10. The number of unbranched alkanes of at least 4 members (excludes halogenated alkanes) is 3. The van der Waals surface area contributed by atoms with Gasteiger partial charge in [-0.05, 0) is 29.7 Å². The lowest BCUT2D eigenvalue weighted by Crippen LogP contribution is -2.46. The first-order valence-corrected chi connectivity index (χ1v) is 12.4. The van der Waals surface area contributed by atoms with E-state index < -0.39 is 0 Å². The minimum Gasteiger partial charge on any atom is -0.494 e. The van der Waals surface area contributed by atoms with E-state index in [2.05, 4.69) is 108 Å². The Bertz CT molecular complexity index is 1030. The summed E-state index contributed by atoms with van der Waals surface area (Å²) in [5.41, 5.74) is 2.49. The topological polar surface area (TPSA) is 27.1 Å². The molecule has 0 saturated heterocycles. The Morgan fingerprint density at radius 3 is 2.19 bits per heavy atom. The molecule has 0 bridgehead atoms. The molecule has 0 unspecified atom stereocenters. The quantitative estimate of drug-likeness (QED) is 0.224. The van der Waals surface area contributed by atoms with Crippen molar-refractivity contribution in [3.8, 4) is 5.75 Å². The maximum absolute atomic E-state index is 6.10. The van der Waals surface area contributed by atoms with Gasteiger partial charge in [-0.3, -0.25) is 0 Å². The van der Waals surface area contributed by atoms with Crippen LogP contribution < -0.4 is 9.92 Å². The van der Waals surface area contributed by atoms with Crippen LogP contribution in [-0.2, 0) is 5.16 Å². The van der Waals surface area contributed by atoms with E-state index in [1.165, 1.54) is 35.6 Å². The zero-order chi connectivity index (χ0) is 22.1. The van der Waals surface area contributed by atoms with Crippen LogP contribution in [0.15, 0.2) is 104 Å². The standard InChI is InChI=1S/C28H30N2OSi/c1-2-3-4-11-21-31-26-17-12-18-27(22-26)32-28(30-20-19-29-23-30,24-13-7-5-8-14-24)25-15-9-6-10-16-25/h5-10,12-20,22-23H,2-4,11,21H2,1H3. The highest BCUT2D eigenvalue weighted by Gasteiger charge is 2.37. The van der Waals surface area contributed by atoms with Gasteiger partial charge in [-0.25, -0.2) is 4.98 Å². The summed E-state index contributed by atoms with van der Waals surface area (Å²) in [6.45, 7) is 3.01. The van der Waals surface area contributed by atoms with Crippen molar-refractivity contribution in [2.24, 2.45) is 0 Å². The van der Waals surface area contributed by atoms with E-state index >= 15 is 0 Å². The van der Waals surface area contributed by atoms with Crippen molar-refractivity contribution >= 4 is 14.7 Å². The minimum atomic E-state index is -0.376. The molecule has 1 heterocycles. The molecule has 32 heavy (non-hydrogen) atoms. The van der Waals surface area contributed by atoms with Crippen molar-refractivity contribution in [3.63, 3.8) is 0 Å². The van der Waals surface area contributed by atoms with Gasteiger partial charge in [-0.15, -0.1) is 0 Å². The third-order valence-electron chi connectivity index (χ3n) is 5.70. The predicted molar refractivity (Wildman–Crippen MR) is 133 cm³/mol. The van der Waals surface area contributed by atoms with Gasteiger partial charge in [-0.1, -0.05) is 104 Å². The van der Waals surface area contributed by atoms with Gasteiger partial charge in [-0.2, -0.15) is 0 Å². The number of benzene rings is 3. The Labute approximate surface area is 193 Å². The minimum absolute atomic E-state index is 0.376. The number of ether oxygens (including phenoxy) is 1. The molecule has 3 aromatic carbocycles. The Balaban J connectivity index is 1.70. The highest BCUT2D eigenvalue weighted by Crippen LogP contribution is 2.33. The summed E-state index contributed by atoms with van der Waals surface area (Å²) in [6, 6.07) is 30.1. The van der Waals surface area contributed by atoms with Crippen LogP contribution in [0.2, 0.25) is 0 Å². The number of hydrogen-bond acceptors (Lipinski definition) is 2. The predicted octanol–water partition coefficient (Wildman–Crippen LogP) is 5.62. The summed E-state index contributed by atoms with van der Waals surface area (Å²) < 4.78 is 8.34. The van der Waals surface area contributed by atoms with E-state index in [0.717, 1.165) is 18.8 Å². The number of aromatic nitrogens is 2.